The van der Waals surface area contributed by atoms with E-state index in [1.54, 1.807) is 25.3 Å². The van der Waals surface area contributed by atoms with Crippen molar-refractivity contribution < 1.29 is 9.53 Å². The fraction of sp³-hybridized carbons (Fsp3) is 0.0556. The quantitative estimate of drug-likeness (QED) is 0.635. The molecule has 1 aliphatic heterocycles. The second-order valence-electron chi connectivity index (χ2n) is 5.08. The first-order valence-corrected chi connectivity index (χ1v) is 8.07. The van der Waals surface area contributed by atoms with Gasteiger partial charge in [0.2, 0.25) is 0 Å². The number of halogens is 2. The second kappa shape index (κ2) is 7.51. The van der Waals surface area contributed by atoms with Crippen LogP contribution in [0.5, 0.6) is 5.75 Å². The number of nitrogens with one attached hydrogen (secondary N) is 1. The Morgan fingerprint density at radius 3 is 2.80 bits per heavy atom. The normalized spacial score (nSPS) is 15.2. The minimum atomic E-state index is -0.370. The molecule has 1 N–H and O–H groups in total. The minimum absolute atomic E-state index is 0.168. The third-order valence-corrected chi connectivity index (χ3v) is 4.01. The Labute approximate surface area is 154 Å². The molecule has 0 spiro atoms. The van der Waals surface area contributed by atoms with Crippen molar-refractivity contribution in [2.75, 3.05) is 12.4 Å². The molecule has 0 atom stereocenters. The van der Waals surface area contributed by atoms with E-state index < -0.39 is 0 Å². The van der Waals surface area contributed by atoms with Crippen molar-refractivity contribution in [3.8, 4) is 5.75 Å². The van der Waals surface area contributed by atoms with Gasteiger partial charge in [-0.1, -0.05) is 41.4 Å². The molecule has 126 valence electrons. The number of benzene rings is 2. The molecule has 1 amide bonds. The maximum Gasteiger partial charge on any atom is 0.276 e. The van der Waals surface area contributed by atoms with Gasteiger partial charge < -0.3 is 10.1 Å². The van der Waals surface area contributed by atoms with Gasteiger partial charge in [0, 0.05) is 22.4 Å². The first kappa shape index (κ1) is 17.2. The zero-order valence-corrected chi connectivity index (χ0v) is 14.7. The van der Waals surface area contributed by atoms with Crippen LogP contribution in [0.2, 0.25) is 10.0 Å². The van der Waals surface area contributed by atoms with E-state index in [0.29, 0.717) is 21.3 Å². The van der Waals surface area contributed by atoms with Crippen molar-refractivity contribution in [1.29, 1.82) is 0 Å². The maximum absolute atomic E-state index is 12.0. The number of amides is 1. The van der Waals surface area contributed by atoms with Gasteiger partial charge in [0.05, 0.1) is 17.8 Å². The Balaban J connectivity index is 1.80. The Bertz CT molecular complexity index is 921. The zero-order valence-electron chi connectivity index (χ0n) is 13.2. The summed E-state index contributed by atoms with van der Waals surface area (Å²) >= 11 is 12.1. The van der Waals surface area contributed by atoms with Crippen molar-refractivity contribution in [2.24, 2.45) is 10.2 Å². The van der Waals surface area contributed by atoms with Gasteiger partial charge in [0.25, 0.3) is 5.91 Å². The molecule has 0 radical (unpaired) electrons. The molecule has 1 aliphatic rings. The Morgan fingerprint density at radius 2 is 2.00 bits per heavy atom. The SMILES string of the molecule is COc1ccccc1/C=C/C=N/N=C1\C(=O)Nc2c(Cl)cc(Cl)cc21. The number of nitrogens with zero attached hydrogens (tertiary/aromatic N) is 2. The summed E-state index contributed by atoms with van der Waals surface area (Å²) in [7, 11) is 1.61. The largest absolute Gasteiger partial charge is 0.496 e. The molecule has 25 heavy (non-hydrogen) atoms. The van der Waals surface area contributed by atoms with Gasteiger partial charge in [-0.05, 0) is 30.4 Å². The van der Waals surface area contributed by atoms with E-state index in [0.717, 1.165) is 11.3 Å². The van der Waals surface area contributed by atoms with Gasteiger partial charge >= 0.3 is 0 Å². The molecular formula is C18H13Cl2N3O2. The number of rotatable bonds is 4. The molecule has 1 heterocycles. The molecule has 0 bridgehead atoms. The topological polar surface area (TPSA) is 63.1 Å². The number of methoxy groups -OCH3 is 1. The molecule has 0 aromatic heterocycles. The van der Waals surface area contributed by atoms with E-state index in [2.05, 4.69) is 15.5 Å². The summed E-state index contributed by atoms with van der Waals surface area (Å²) in [5.74, 6) is 0.386. The van der Waals surface area contributed by atoms with Gasteiger partial charge in [-0.25, -0.2) is 0 Å². The first-order chi connectivity index (χ1) is 12.1. The van der Waals surface area contributed by atoms with E-state index in [-0.39, 0.29) is 11.6 Å². The van der Waals surface area contributed by atoms with Gasteiger partial charge in [0.1, 0.15) is 5.75 Å². The van der Waals surface area contributed by atoms with Crippen LogP contribution in [-0.2, 0) is 4.79 Å². The fourth-order valence-electron chi connectivity index (χ4n) is 2.36. The zero-order chi connectivity index (χ0) is 17.8. The van der Waals surface area contributed by atoms with E-state index in [4.69, 9.17) is 27.9 Å². The lowest BCUT2D eigenvalue weighted by Gasteiger charge is -2.02. The van der Waals surface area contributed by atoms with Gasteiger partial charge in [-0.15, -0.1) is 5.10 Å². The summed E-state index contributed by atoms with van der Waals surface area (Å²) in [4.78, 5) is 12.0. The highest BCUT2D eigenvalue weighted by molar-refractivity contribution is 6.56. The molecule has 5 nitrogen and oxygen atoms in total. The average Bonchev–Trinajstić information content (AvgIpc) is 2.91. The van der Waals surface area contributed by atoms with Crippen LogP contribution in [0.4, 0.5) is 5.69 Å². The maximum atomic E-state index is 12.0. The number of ether oxygens (including phenoxy) is 1. The molecule has 3 rings (SSSR count). The number of anilines is 1. The monoisotopic (exact) mass is 373 g/mol. The molecule has 2 aromatic rings. The summed E-state index contributed by atoms with van der Waals surface area (Å²) in [5, 5.41) is 11.3. The number of para-hydroxylation sites is 1. The van der Waals surface area contributed by atoms with Crippen LogP contribution >= 0.6 is 23.2 Å². The molecule has 0 saturated heterocycles. The van der Waals surface area contributed by atoms with Gasteiger partial charge in [-0.3, -0.25) is 4.79 Å². The predicted octanol–water partition coefficient (Wildman–Crippen LogP) is 4.44. The third kappa shape index (κ3) is 3.73. The Kier molecular flexibility index (Phi) is 5.16. The number of hydrogen-bond donors (Lipinski definition) is 1. The Morgan fingerprint density at radius 1 is 1.20 bits per heavy atom. The number of fused-ring (bicyclic) bond motifs is 1. The number of hydrogen-bond acceptors (Lipinski definition) is 4. The van der Waals surface area contributed by atoms with Crippen molar-refractivity contribution in [3.05, 3.63) is 63.6 Å². The molecular weight excluding hydrogens is 361 g/mol. The fourth-order valence-corrected chi connectivity index (χ4v) is 2.90. The van der Waals surface area contributed by atoms with Crippen molar-refractivity contribution in [3.63, 3.8) is 0 Å². The van der Waals surface area contributed by atoms with Crippen LogP contribution in [-0.4, -0.2) is 24.9 Å². The minimum Gasteiger partial charge on any atom is -0.496 e. The van der Waals surface area contributed by atoms with E-state index >= 15 is 0 Å². The van der Waals surface area contributed by atoms with E-state index in [1.165, 1.54) is 6.21 Å². The Hall–Kier alpha value is -2.63. The van der Waals surface area contributed by atoms with Crippen molar-refractivity contribution in [1.82, 2.24) is 0 Å². The van der Waals surface area contributed by atoms with Gasteiger partial charge in [0.15, 0.2) is 5.71 Å². The van der Waals surface area contributed by atoms with E-state index in [9.17, 15) is 4.79 Å². The number of carbonyl (C=O) groups excluding carboxylic acids is 1. The van der Waals surface area contributed by atoms with E-state index in [1.807, 2.05) is 30.3 Å². The highest BCUT2D eigenvalue weighted by Crippen LogP contribution is 2.34. The van der Waals surface area contributed by atoms with Crippen molar-refractivity contribution >= 4 is 52.8 Å². The molecule has 0 aliphatic carbocycles. The van der Waals surface area contributed by atoms with Crippen LogP contribution in [0.25, 0.3) is 6.08 Å². The molecule has 0 saturated carbocycles. The highest BCUT2D eigenvalue weighted by Gasteiger charge is 2.28. The van der Waals surface area contributed by atoms with Crippen LogP contribution in [0.3, 0.4) is 0 Å². The van der Waals surface area contributed by atoms with Gasteiger partial charge in [-0.2, -0.15) is 5.10 Å². The van der Waals surface area contributed by atoms with Crippen molar-refractivity contribution in [2.45, 2.75) is 0 Å². The lowest BCUT2D eigenvalue weighted by Crippen LogP contribution is -2.13. The van der Waals surface area contributed by atoms with Crippen LogP contribution in [0.15, 0.2) is 52.7 Å². The standard InChI is InChI=1S/C18H13Cl2N3O2/c1-25-15-7-3-2-5-11(15)6-4-8-21-23-17-13-9-12(19)10-14(20)16(13)22-18(17)24/h2-10H,1H3,(H,22,23,24)/b6-4+,21-8+. The summed E-state index contributed by atoms with van der Waals surface area (Å²) < 4.78 is 5.26. The first-order valence-electron chi connectivity index (χ1n) is 7.31. The molecule has 2 aromatic carbocycles. The third-order valence-electron chi connectivity index (χ3n) is 3.49. The number of allylic oxidation sites excluding steroid dienone is 1. The molecule has 0 unspecified atom stereocenters. The summed E-state index contributed by atoms with van der Waals surface area (Å²) in [6.45, 7) is 0. The molecule has 7 heteroatoms. The summed E-state index contributed by atoms with van der Waals surface area (Å²) in [6, 6.07) is 10.8. The van der Waals surface area contributed by atoms with Crippen LogP contribution < -0.4 is 10.1 Å². The second-order valence-corrected chi connectivity index (χ2v) is 5.92. The summed E-state index contributed by atoms with van der Waals surface area (Å²) in [5.41, 5.74) is 2.11. The summed E-state index contributed by atoms with van der Waals surface area (Å²) in [6.07, 6.45) is 5.02. The highest BCUT2D eigenvalue weighted by atomic mass is 35.5. The molecule has 0 fully saturated rings. The lowest BCUT2D eigenvalue weighted by molar-refractivity contribution is -0.110. The average molecular weight is 374 g/mol. The van der Waals surface area contributed by atoms with Crippen LogP contribution in [0.1, 0.15) is 11.1 Å². The smallest absolute Gasteiger partial charge is 0.276 e. The van der Waals surface area contributed by atoms with Crippen LogP contribution in [0, 0.1) is 0 Å². The predicted molar refractivity (Wildman–Crippen MR) is 102 cm³/mol. The number of carbonyl (C=O) groups is 1. The lowest BCUT2D eigenvalue weighted by atomic mass is 10.1.